The normalized spacial score (nSPS) is 22.2. The van der Waals surface area contributed by atoms with E-state index < -0.39 is 0 Å². The highest BCUT2D eigenvalue weighted by atomic mass is 16.5. The number of ether oxygens (including phenoxy) is 1. The second-order valence-corrected chi connectivity index (χ2v) is 5.64. The van der Waals surface area contributed by atoms with Crippen molar-refractivity contribution in [3.05, 3.63) is 24.3 Å². The fourth-order valence-electron chi connectivity index (χ4n) is 2.44. The van der Waals surface area contributed by atoms with E-state index in [1.165, 1.54) is 32.1 Å². The number of carbonyl (C=O) groups excluding carboxylic acids is 1. The van der Waals surface area contributed by atoms with Crippen LogP contribution in [-0.4, -0.2) is 12.1 Å². The summed E-state index contributed by atoms with van der Waals surface area (Å²) in [4.78, 5) is 11.8. The zero-order chi connectivity index (χ0) is 14.5. The van der Waals surface area contributed by atoms with Crippen molar-refractivity contribution in [3.63, 3.8) is 0 Å². The summed E-state index contributed by atoms with van der Waals surface area (Å²) in [5, 5.41) is 0. The highest BCUT2D eigenvalue weighted by molar-refractivity contribution is 5.69. The van der Waals surface area contributed by atoms with Crippen LogP contribution in [0.2, 0.25) is 0 Å². The Bertz CT molecular complexity index is 305. The summed E-state index contributed by atoms with van der Waals surface area (Å²) in [6.07, 6.45) is 20.4. The molecule has 0 aromatic carbocycles. The Hall–Kier alpha value is -1.05. The Morgan fingerprint density at radius 2 is 1.90 bits per heavy atom. The molecule has 0 spiro atoms. The van der Waals surface area contributed by atoms with Gasteiger partial charge >= 0.3 is 5.97 Å². The van der Waals surface area contributed by atoms with E-state index in [2.05, 4.69) is 19.1 Å². The van der Waals surface area contributed by atoms with Gasteiger partial charge in [0.05, 0.1) is 0 Å². The summed E-state index contributed by atoms with van der Waals surface area (Å²) >= 11 is 0. The molecule has 0 aromatic rings. The summed E-state index contributed by atoms with van der Waals surface area (Å²) in [7, 11) is 0. The molecule has 0 unspecified atom stereocenters. The Labute approximate surface area is 124 Å². The highest BCUT2D eigenvalue weighted by Crippen LogP contribution is 2.13. The van der Waals surface area contributed by atoms with Crippen molar-refractivity contribution in [3.8, 4) is 0 Å². The zero-order valence-corrected chi connectivity index (χ0v) is 13.0. The number of allylic oxidation sites excluding steroid dienone is 3. The van der Waals surface area contributed by atoms with Crippen molar-refractivity contribution in [1.82, 2.24) is 0 Å². The predicted molar refractivity (Wildman–Crippen MR) is 84.6 cm³/mol. The first kappa shape index (κ1) is 17.0. The molecule has 1 heterocycles. The largest absolute Gasteiger partial charge is 0.458 e. The molecule has 0 fully saturated rings. The number of hydrogen-bond acceptors (Lipinski definition) is 2. The molecule has 114 valence electrons. The van der Waals surface area contributed by atoms with Crippen LogP contribution in [-0.2, 0) is 9.53 Å². The minimum absolute atomic E-state index is 0.0304. The van der Waals surface area contributed by atoms with Crippen LogP contribution >= 0.6 is 0 Å². The second-order valence-electron chi connectivity index (χ2n) is 5.64. The lowest BCUT2D eigenvalue weighted by molar-refractivity contribution is -0.147. The van der Waals surface area contributed by atoms with Crippen LogP contribution in [0.4, 0.5) is 0 Å². The smallest absolute Gasteiger partial charge is 0.306 e. The molecule has 2 nitrogen and oxygen atoms in total. The average molecular weight is 278 g/mol. The minimum atomic E-state index is -0.0401. The first-order valence-corrected chi connectivity index (χ1v) is 8.35. The monoisotopic (exact) mass is 278 g/mol. The van der Waals surface area contributed by atoms with Crippen LogP contribution in [0, 0.1) is 0 Å². The maximum Gasteiger partial charge on any atom is 0.306 e. The topological polar surface area (TPSA) is 26.3 Å². The third-order valence-corrected chi connectivity index (χ3v) is 3.70. The lowest BCUT2D eigenvalue weighted by Gasteiger charge is -2.14. The molecule has 0 saturated carbocycles. The van der Waals surface area contributed by atoms with Crippen molar-refractivity contribution in [1.29, 1.82) is 0 Å². The zero-order valence-electron chi connectivity index (χ0n) is 13.0. The predicted octanol–water partition coefficient (Wildman–Crippen LogP) is 5.34. The lowest BCUT2D eigenvalue weighted by atomic mass is 10.1. The molecule has 0 radical (unpaired) electrons. The first-order valence-electron chi connectivity index (χ1n) is 8.35. The average Bonchev–Trinajstić information content (AvgIpc) is 2.44. The third kappa shape index (κ3) is 8.95. The Morgan fingerprint density at radius 1 is 1.10 bits per heavy atom. The summed E-state index contributed by atoms with van der Waals surface area (Å²) in [5.74, 6) is -0.0304. The van der Waals surface area contributed by atoms with Crippen molar-refractivity contribution >= 4 is 5.97 Å². The van der Waals surface area contributed by atoms with Crippen LogP contribution in [0.3, 0.4) is 0 Å². The van der Waals surface area contributed by atoms with E-state index in [1.807, 2.05) is 12.2 Å². The van der Waals surface area contributed by atoms with E-state index in [0.29, 0.717) is 6.42 Å². The Morgan fingerprint density at radius 3 is 2.75 bits per heavy atom. The summed E-state index contributed by atoms with van der Waals surface area (Å²) in [6, 6.07) is 0. The van der Waals surface area contributed by atoms with Crippen LogP contribution in [0.5, 0.6) is 0 Å². The lowest BCUT2D eigenvalue weighted by Crippen LogP contribution is -2.16. The third-order valence-electron chi connectivity index (χ3n) is 3.70. The molecular formula is C18H30O2. The first-order chi connectivity index (χ1) is 9.83. The van der Waals surface area contributed by atoms with Crippen LogP contribution in [0.15, 0.2) is 24.3 Å². The van der Waals surface area contributed by atoms with Gasteiger partial charge in [-0.2, -0.15) is 0 Å². The van der Waals surface area contributed by atoms with Gasteiger partial charge in [-0.3, -0.25) is 4.79 Å². The second kappa shape index (κ2) is 11.7. The molecule has 0 saturated heterocycles. The molecule has 2 heteroatoms. The maximum atomic E-state index is 11.8. The van der Waals surface area contributed by atoms with Gasteiger partial charge in [0, 0.05) is 6.42 Å². The van der Waals surface area contributed by atoms with Crippen molar-refractivity contribution < 1.29 is 9.53 Å². The molecule has 20 heavy (non-hydrogen) atoms. The van der Waals surface area contributed by atoms with Gasteiger partial charge in [0.15, 0.2) is 0 Å². The SMILES string of the molecule is CCCCC[C@H]1C=CC=CCCCCCCCC(=O)O1. The van der Waals surface area contributed by atoms with Crippen molar-refractivity contribution in [2.45, 2.75) is 83.7 Å². The van der Waals surface area contributed by atoms with E-state index in [9.17, 15) is 4.79 Å². The van der Waals surface area contributed by atoms with E-state index in [-0.39, 0.29) is 12.1 Å². The van der Waals surface area contributed by atoms with Gasteiger partial charge in [0.2, 0.25) is 0 Å². The number of unbranched alkanes of at least 4 members (excludes halogenated alkanes) is 2. The van der Waals surface area contributed by atoms with Gasteiger partial charge < -0.3 is 4.74 Å². The molecule has 0 aromatic heterocycles. The molecule has 0 N–H and O–H groups in total. The van der Waals surface area contributed by atoms with Crippen LogP contribution < -0.4 is 0 Å². The standard InChI is InChI=1S/C18H30O2/c1-2-3-11-14-17-15-12-9-7-5-4-6-8-10-13-16-18(19)20-17/h7,9,12,15,17H,2-6,8,10-11,13-14,16H2,1H3/t17-/m0/s1. The van der Waals surface area contributed by atoms with Gasteiger partial charge in [-0.05, 0) is 38.2 Å². The van der Waals surface area contributed by atoms with Gasteiger partial charge in [-0.15, -0.1) is 0 Å². The fraction of sp³-hybridized carbons (Fsp3) is 0.722. The molecule has 1 atom stereocenters. The summed E-state index contributed by atoms with van der Waals surface area (Å²) < 4.78 is 5.58. The molecule has 0 bridgehead atoms. The van der Waals surface area contributed by atoms with Crippen LogP contribution in [0.25, 0.3) is 0 Å². The quantitative estimate of drug-likeness (QED) is 0.513. The number of rotatable bonds is 4. The molecular weight excluding hydrogens is 248 g/mol. The molecule has 0 amide bonds. The Kier molecular flexibility index (Phi) is 9.99. The number of carbonyl (C=O) groups is 1. The maximum absolute atomic E-state index is 11.8. The fourth-order valence-corrected chi connectivity index (χ4v) is 2.44. The van der Waals surface area contributed by atoms with E-state index in [1.54, 1.807) is 0 Å². The van der Waals surface area contributed by atoms with E-state index >= 15 is 0 Å². The molecule has 1 aliphatic heterocycles. The molecule has 0 aliphatic carbocycles. The number of esters is 1. The van der Waals surface area contributed by atoms with E-state index in [0.717, 1.165) is 32.1 Å². The van der Waals surface area contributed by atoms with Crippen molar-refractivity contribution in [2.24, 2.45) is 0 Å². The molecule has 1 aliphatic rings. The minimum Gasteiger partial charge on any atom is -0.458 e. The molecule has 1 rings (SSSR count). The number of cyclic esters (lactones) is 1. The van der Waals surface area contributed by atoms with Gasteiger partial charge in [0.1, 0.15) is 6.10 Å². The van der Waals surface area contributed by atoms with Gasteiger partial charge in [-0.1, -0.05) is 57.3 Å². The van der Waals surface area contributed by atoms with Gasteiger partial charge in [-0.25, -0.2) is 0 Å². The number of hydrogen-bond donors (Lipinski definition) is 0. The van der Waals surface area contributed by atoms with Crippen molar-refractivity contribution in [2.75, 3.05) is 0 Å². The van der Waals surface area contributed by atoms with Crippen LogP contribution in [0.1, 0.15) is 77.6 Å². The Balaban J connectivity index is 2.49. The van der Waals surface area contributed by atoms with E-state index in [4.69, 9.17) is 4.74 Å². The van der Waals surface area contributed by atoms with Gasteiger partial charge in [0.25, 0.3) is 0 Å². The summed E-state index contributed by atoms with van der Waals surface area (Å²) in [5.41, 5.74) is 0. The summed E-state index contributed by atoms with van der Waals surface area (Å²) in [6.45, 7) is 2.19. The highest BCUT2D eigenvalue weighted by Gasteiger charge is 2.11.